The minimum absolute atomic E-state index is 0.0773. The van der Waals surface area contributed by atoms with Gasteiger partial charge >= 0.3 is 0 Å². The van der Waals surface area contributed by atoms with E-state index in [2.05, 4.69) is 79.8 Å². The third kappa shape index (κ3) is 5.62. The van der Waals surface area contributed by atoms with Gasteiger partial charge < -0.3 is 9.47 Å². The maximum Gasteiger partial charge on any atom is 0.160 e. The number of hydrogen-bond acceptors (Lipinski definition) is 6. The number of ether oxygens (including phenoxy) is 2. The van der Waals surface area contributed by atoms with Crippen molar-refractivity contribution in [1.82, 2.24) is 0 Å². The summed E-state index contributed by atoms with van der Waals surface area (Å²) in [5, 5.41) is 0. The van der Waals surface area contributed by atoms with Crippen LogP contribution in [0.25, 0.3) is 11.1 Å². The smallest absolute Gasteiger partial charge is 0.160 e. The quantitative estimate of drug-likeness (QED) is 0.206. The molecule has 0 aromatic heterocycles. The number of hydrogen-bond donors (Lipinski definition) is 0. The first-order valence-corrected chi connectivity index (χ1v) is 18.8. The van der Waals surface area contributed by atoms with Gasteiger partial charge in [-0.2, -0.15) is 0 Å². The lowest BCUT2D eigenvalue weighted by Gasteiger charge is -2.50. The zero-order chi connectivity index (χ0) is 37.1. The second-order valence-electron chi connectivity index (χ2n) is 15.4. The summed E-state index contributed by atoms with van der Waals surface area (Å²) in [6.45, 7) is 7.25. The van der Waals surface area contributed by atoms with E-state index in [1.807, 2.05) is 13.0 Å². The van der Waals surface area contributed by atoms with Gasteiger partial charge in [-0.05, 0) is 104 Å². The maximum atomic E-state index is 13.2. The van der Waals surface area contributed by atoms with Crippen LogP contribution in [-0.2, 0) is 19.7 Å². The summed E-state index contributed by atoms with van der Waals surface area (Å²) >= 11 is 0. The standard InChI is InChI=1S/C47H44O6/c1-5-30-24-44(50)39-21-19-34(26-41(39)45(30)51)52-32-16-14-31(15-17-32)47(42-12-8-6-10-37(42)38-11-7-9-13-43(38)47)46(4)23-22-35(27-46)53-33-18-20-36(28(2)48)40(25-33)29(3)49/h6-14,16-21,25,27,30-31,41H,5,15,22-24,26H2,1-4H3/t30?,31-,41?,46-/m0/s1. The Morgan fingerprint density at radius 1 is 0.830 bits per heavy atom. The molecule has 268 valence electrons. The third-order valence-corrected chi connectivity index (χ3v) is 12.4. The Morgan fingerprint density at radius 3 is 2.17 bits per heavy atom. The summed E-state index contributed by atoms with van der Waals surface area (Å²) in [5.41, 5.74) is 5.66. The highest BCUT2D eigenvalue weighted by molar-refractivity contribution is 6.09. The third-order valence-electron chi connectivity index (χ3n) is 12.4. The van der Waals surface area contributed by atoms with Crippen LogP contribution in [0, 0.1) is 23.2 Å². The van der Waals surface area contributed by atoms with E-state index < -0.39 is 11.3 Å². The zero-order valence-corrected chi connectivity index (χ0v) is 30.7. The molecule has 0 heterocycles. The molecular weight excluding hydrogens is 661 g/mol. The van der Waals surface area contributed by atoms with Crippen molar-refractivity contribution < 1.29 is 28.7 Å². The van der Waals surface area contributed by atoms with Crippen LogP contribution in [-0.4, -0.2) is 23.1 Å². The fourth-order valence-corrected chi connectivity index (χ4v) is 9.83. The second-order valence-corrected chi connectivity index (χ2v) is 15.4. The monoisotopic (exact) mass is 704 g/mol. The Bertz CT molecular complexity index is 2200. The molecule has 1 fully saturated rings. The molecule has 8 rings (SSSR count). The zero-order valence-electron chi connectivity index (χ0n) is 30.7. The van der Waals surface area contributed by atoms with Crippen LogP contribution >= 0.6 is 0 Å². The predicted octanol–water partition coefficient (Wildman–Crippen LogP) is 10.00. The van der Waals surface area contributed by atoms with Crippen molar-refractivity contribution >= 4 is 23.1 Å². The molecule has 0 spiro atoms. The van der Waals surface area contributed by atoms with Crippen molar-refractivity contribution in [1.29, 1.82) is 0 Å². The minimum Gasteiger partial charge on any atom is -0.462 e. The van der Waals surface area contributed by atoms with Crippen molar-refractivity contribution in [2.24, 2.45) is 23.2 Å². The summed E-state index contributed by atoms with van der Waals surface area (Å²) in [4.78, 5) is 50.7. The van der Waals surface area contributed by atoms with Gasteiger partial charge in [-0.15, -0.1) is 0 Å². The molecule has 6 nitrogen and oxygen atoms in total. The second kappa shape index (κ2) is 13.2. The fraction of sp³-hybridized carbons (Fsp3) is 0.319. The van der Waals surface area contributed by atoms with E-state index in [1.165, 1.54) is 36.1 Å². The molecule has 6 heteroatoms. The lowest BCUT2D eigenvalue weighted by Crippen LogP contribution is -2.47. The summed E-state index contributed by atoms with van der Waals surface area (Å²) in [6.07, 6.45) is 16.2. The molecule has 0 amide bonds. The Labute approximate surface area is 311 Å². The molecule has 5 aliphatic carbocycles. The van der Waals surface area contributed by atoms with Crippen LogP contribution in [0.1, 0.15) is 98.1 Å². The molecule has 2 unspecified atom stereocenters. The number of fused-ring (bicyclic) bond motifs is 4. The van der Waals surface area contributed by atoms with Gasteiger partial charge in [0.1, 0.15) is 28.8 Å². The minimum atomic E-state index is -0.432. The number of carbonyl (C=O) groups excluding carboxylic acids is 4. The Kier molecular flexibility index (Phi) is 8.68. The highest BCUT2D eigenvalue weighted by atomic mass is 16.5. The molecular formula is C47H44O6. The van der Waals surface area contributed by atoms with Gasteiger partial charge in [-0.3, -0.25) is 19.2 Å². The van der Waals surface area contributed by atoms with Crippen LogP contribution < -0.4 is 4.74 Å². The number of Topliss-reactive ketones (excluding diaryl/α,β-unsaturated/α-hetero) is 4. The largest absolute Gasteiger partial charge is 0.462 e. The first kappa shape index (κ1) is 34.7. The molecule has 3 aromatic carbocycles. The number of carbonyl (C=O) groups is 4. The Balaban J connectivity index is 1.13. The van der Waals surface area contributed by atoms with E-state index in [0.29, 0.717) is 47.5 Å². The molecule has 0 saturated heterocycles. The summed E-state index contributed by atoms with van der Waals surface area (Å²) in [5.74, 6) is 2.17. The predicted molar refractivity (Wildman–Crippen MR) is 204 cm³/mol. The average molecular weight is 705 g/mol. The lowest BCUT2D eigenvalue weighted by atomic mass is 9.52. The van der Waals surface area contributed by atoms with Crippen molar-refractivity contribution in [2.45, 2.75) is 71.6 Å². The topological polar surface area (TPSA) is 86.7 Å². The molecule has 4 atom stereocenters. The number of ketones is 4. The molecule has 5 aliphatic rings. The van der Waals surface area contributed by atoms with E-state index >= 15 is 0 Å². The molecule has 3 aromatic rings. The average Bonchev–Trinajstić information content (AvgIpc) is 3.69. The van der Waals surface area contributed by atoms with E-state index in [4.69, 9.17) is 9.47 Å². The van der Waals surface area contributed by atoms with Crippen LogP contribution in [0.15, 0.2) is 126 Å². The maximum absolute atomic E-state index is 13.2. The SMILES string of the molecule is CCC1CC(=O)C2=CC=C(OC3=CC[C@@H](C4([C@]5(C)C=C(Oc6ccc(C(C)=O)c(C(C)=O)c6)CC5)c5ccccc5-c5ccccc54)C=C3)CC2C1=O. The summed E-state index contributed by atoms with van der Waals surface area (Å²) < 4.78 is 13.0. The number of allylic oxidation sites excluding steroid dienone is 9. The summed E-state index contributed by atoms with van der Waals surface area (Å²) in [7, 11) is 0. The summed E-state index contributed by atoms with van der Waals surface area (Å²) in [6, 6.07) is 22.6. The van der Waals surface area contributed by atoms with E-state index in [9.17, 15) is 19.2 Å². The van der Waals surface area contributed by atoms with Gasteiger partial charge in [0, 0.05) is 52.7 Å². The van der Waals surface area contributed by atoms with Gasteiger partial charge in [-0.25, -0.2) is 0 Å². The first-order chi connectivity index (χ1) is 25.5. The Morgan fingerprint density at radius 2 is 1.53 bits per heavy atom. The van der Waals surface area contributed by atoms with Crippen molar-refractivity contribution in [3.8, 4) is 16.9 Å². The molecule has 0 aliphatic heterocycles. The number of benzene rings is 3. The molecule has 1 saturated carbocycles. The van der Waals surface area contributed by atoms with Crippen molar-refractivity contribution in [3.05, 3.63) is 148 Å². The normalized spacial score (nSPS) is 25.3. The molecule has 53 heavy (non-hydrogen) atoms. The first-order valence-electron chi connectivity index (χ1n) is 18.8. The van der Waals surface area contributed by atoms with E-state index in [-0.39, 0.29) is 40.4 Å². The van der Waals surface area contributed by atoms with E-state index in [0.717, 1.165) is 30.8 Å². The molecule has 0 radical (unpaired) electrons. The van der Waals surface area contributed by atoms with Gasteiger partial charge in [-0.1, -0.05) is 74.5 Å². The van der Waals surface area contributed by atoms with E-state index in [1.54, 1.807) is 24.3 Å². The van der Waals surface area contributed by atoms with Gasteiger partial charge in [0.2, 0.25) is 0 Å². The molecule has 0 bridgehead atoms. The van der Waals surface area contributed by atoms with Crippen LogP contribution in [0.3, 0.4) is 0 Å². The van der Waals surface area contributed by atoms with Crippen molar-refractivity contribution in [3.63, 3.8) is 0 Å². The number of rotatable bonds is 9. The fourth-order valence-electron chi connectivity index (χ4n) is 9.83. The van der Waals surface area contributed by atoms with Crippen LogP contribution in [0.5, 0.6) is 5.75 Å². The van der Waals surface area contributed by atoms with Gasteiger partial charge in [0.05, 0.1) is 5.92 Å². The van der Waals surface area contributed by atoms with Gasteiger partial charge in [0.25, 0.3) is 0 Å². The highest BCUT2D eigenvalue weighted by Crippen LogP contribution is 2.65. The Hall–Kier alpha value is -5.36. The van der Waals surface area contributed by atoms with Gasteiger partial charge in [0.15, 0.2) is 17.3 Å². The highest BCUT2D eigenvalue weighted by Gasteiger charge is 2.59. The van der Waals surface area contributed by atoms with Crippen molar-refractivity contribution in [2.75, 3.05) is 0 Å². The lowest BCUT2D eigenvalue weighted by molar-refractivity contribution is -0.133. The van der Waals surface area contributed by atoms with Crippen LogP contribution in [0.4, 0.5) is 0 Å². The molecule has 0 N–H and O–H groups in total. The van der Waals surface area contributed by atoms with Crippen LogP contribution in [0.2, 0.25) is 0 Å².